The number of rotatable bonds is 2. The van der Waals surface area contributed by atoms with Crippen molar-refractivity contribution in [3.05, 3.63) is 54.6 Å². The second-order valence-corrected chi connectivity index (χ2v) is 5.17. The molecule has 0 saturated carbocycles. The number of hydrogen-bond acceptors (Lipinski definition) is 1. The molecule has 1 aromatic carbocycles. The van der Waals surface area contributed by atoms with Crippen molar-refractivity contribution >= 4 is 11.8 Å². The quantitative estimate of drug-likeness (QED) is 0.758. The summed E-state index contributed by atoms with van der Waals surface area (Å²) in [6.07, 6.45) is 7.70. The lowest BCUT2D eigenvalue weighted by Crippen LogP contribution is -2.09. The van der Waals surface area contributed by atoms with Gasteiger partial charge in [0, 0.05) is 18.6 Å². The molecule has 0 atom stereocenters. The molecule has 2 heteroatoms. The Bertz CT molecular complexity index is 487. The van der Waals surface area contributed by atoms with Crippen LogP contribution in [0, 0.1) is 5.41 Å². The fraction of sp³-hybridized carbons (Fsp3) is 0.267. The topological polar surface area (TPSA) is 17.8 Å². The van der Waals surface area contributed by atoms with E-state index in [-0.39, 0.29) is 5.41 Å². The lowest BCUT2D eigenvalue weighted by Gasteiger charge is -2.23. The molecule has 0 fully saturated rings. The first-order valence-corrected chi connectivity index (χ1v) is 5.82. The van der Waals surface area contributed by atoms with E-state index < -0.39 is 0 Å². The van der Waals surface area contributed by atoms with Gasteiger partial charge < -0.3 is 4.57 Å². The lowest BCUT2D eigenvalue weighted by atomic mass is 9.83. The van der Waals surface area contributed by atoms with E-state index in [1.165, 1.54) is 11.1 Å². The molecule has 2 rings (SSSR count). The average molecular weight is 226 g/mol. The van der Waals surface area contributed by atoms with Crippen LogP contribution in [0.3, 0.4) is 0 Å². The normalized spacial score (nSPS) is 12.8. The number of aromatic nitrogens is 2. The fourth-order valence-electron chi connectivity index (χ4n) is 1.81. The Kier molecular flexibility index (Phi) is 3.14. The minimum Gasteiger partial charge on any atom is -0.313 e. The zero-order chi connectivity index (χ0) is 12.3. The van der Waals surface area contributed by atoms with Crippen molar-refractivity contribution < 1.29 is 0 Å². The van der Waals surface area contributed by atoms with Crippen LogP contribution in [0.4, 0.5) is 0 Å². The van der Waals surface area contributed by atoms with E-state index in [0.717, 1.165) is 0 Å². The van der Waals surface area contributed by atoms with E-state index in [0.29, 0.717) is 0 Å². The van der Waals surface area contributed by atoms with E-state index in [1.807, 2.05) is 23.2 Å². The molecule has 0 saturated heterocycles. The maximum atomic E-state index is 4.07. The van der Waals surface area contributed by atoms with Gasteiger partial charge in [0.05, 0.1) is 6.33 Å². The molecule has 0 radical (unpaired) electrons. The highest BCUT2D eigenvalue weighted by Gasteiger charge is 2.18. The minimum atomic E-state index is 0.103. The SMILES string of the molecule is CC(C)(C)/C(=C\n1ccnc1)c1ccccc1. The molecule has 2 aromatic rings. The van der Waals surface area contributed by atoms with Crippen LogP contribution in [-0.4, -0.2) is 9.55 Å². The highest BCUT2D eigenvalue weighted by molar-refractivity contribution is 5.78. The van der Waals surface area contributed by atoms with Gasteiger partial charge in [-0.25, -0.2) is 4.98 Å². The van der Waals surface area contributed by atoms with E-state index in [4.69, 9.17) is 0 Å². The molecule has 17 heavy (non-hydrogen) atoms. The van der Waals surface area contributed by atoms with Crippen LogP contribution in [0.15, 0.2) is 49.1 Å². The summed E-state index contributed by atoms with van der Waals surface area (Å²) < 4.78 is 1.99. The van der Waals surface area contributed by atoms with Gasteiger partial charge >= 0.3 is 0 Å². The van der Waals surface area contributed by atoms with Crippen molar-refractivity contribution in [1.82, 2.24) is 9.55 Å². The van der Waals surface area contributed by atoms with Gasteiger partial charge in [0.2, 0.25) is 0 Å². The van der Waals surface area contributed by atoms with Crippen molar-refractivity contribution in [3.8, 4) is 0 Å². The maximum absolute atomic E-state index is 4.07. The lowest BCUT2D eigenvalue weighted by molar-refractivity contribution is 0.568. The van der Waals surface area contributed by atoms with Gasteiger partial charge in [0.15, 0.2) is 0 Å². The molecule has 0 amide bonds. The second kappa shape index (κ2) is 4.58. The Labute approximate surface area is 103 Å². The number of nitrogens with zero attached hydrogens (tertiary/aromatic N) is 2. The Morgan fingerprint density at radius 3 is 2.41 bits per heavy atom. The molecule has 88 valence electrons. The van der Waals surface area contributed by atoms with Crippen LogP contribution in [-0.2, 0) is 0 Å². The number of hydrogen-bond donors (Lipinski definition) is 0. The Morgan fingerprint density at radius 1 is 1.18 bits per heavy atom. The van der Waals surface area contributed by atoms with E-state index in [9.17, 15) is 0 Å². The Balaban J connectivity index is 2.47. The van der Waals surface area contributed by atoms with Crippen molar-refractivity contribution in [2.24, 2.45) is 5.41 Å². The zero-order valence-corrected chi connectivity index (χ0v) is 10.6. The molecule has 0 N–H and O–H groups in total. The highest BCUT2D eigenvalue weighted by atomic mass is 15.0. The van der Waals surface area contributed by atoms with E-state index in [1.54, 1.807) is 6.20 Å². The van der Waals surface area contributed by atoms with E-state index in [2.05, 4.69) is 56.2 Å². The smallest absolute Gasteiger partial charge is 0.0986 e. The summed E-state index contributed by atoms with van der Waals surface area (Å²) in [4.78, 5) is 4.07. The predicted molar refractivity (Wildman–Crippen MR) is 72.3 cm³/mol. The fourth-order valence-corrected chi connectivity index (χ4v) is 1.81. The summed E-state index contributed by atoms with van der Waals surface area (Å²) in [5.74, 6) is 0. The molecule has 0 aliphatic carbocycles. The van der Waals surface area contributed by atoms with Crippen LogP contribution in [0.25, 0.3) is 11.8 Å². The summed E-state index contributed by atoms with van der Waals surface area (Å²) in [7, 11) is 0. The molecule has 0 bridgehead atoms. The van der Waals surface area contributed by atoms with Crippen molar-refractivity contribution in [1.29, 1.82) is 0 Å². The van der Waals surface area contributed by atoms with Crippen LogP contribution in [0.5, 0.6) is 0 Å². The Morgan fingerprint density at radius 2 is 1.88 bits per heavy atom. The molecule has 0 aliphatic rings. The van der Waals surface area contributed by atoms with Gasteiger partial charge in [0.25, 0.3) is 0 Å². The van der Waals surface area contributed by atoms with Crippen LogP contribution in [0.2, 0.25) is 0 Å². The first-order valence-electron chi connectivity index (χ1n) is 5.82. The van der Waals surface area contributed by atoms with Crippen LogP contribution >= 0.6 is 0 Å². The van der Waals surface area contributed by atoms with Gasteiger partial charge in [-0.1, -0.05) is 51.1 Å². The summed E-state index contributed by atoms with van der Waals surface area (Å²) in [6, 6.07) is 10.5. The second-order valence-electron chi connectivity index (χ2n) is 5.17. The zero-order valence-electron chi connectivity index (χ0n) is 10.6. The van der Waals surface area contributed by atoms with Crippen molar-refractivity contribution in [2.45, 2.75) is 20.8 Å². The summed E-state index contributed by atoms with van der Waals surface area (Å²) in [5, 5.41) is 0. The third kappa shape index (κ3) is 2.84. The monoisotopic (exact) mass is 226 g/mol. The molecular formula is C15H18N2. The predicted octanol–water partition coefficient (Wildman–Crippen LogP) is 3.93. The summed E-state index contributed by atoms with van der Waals surface area (Å²) >= 11 is 0. The standard InChI is InChI=1S/C15H18N2/c1-15(2,3)14(11-17-10-9-16-12-17)13-7-5-4-6-8-13/h4-12H,1-3H3/b14-11-. The summed E-state index contributed by atoms with van der Waals surface area (Å²) in [5.41, 5.74) is 2.66. The first kappa shape index (κ1) is 11.6. The largest absolute Gasteiger partial charge is 0.313 e. The first-order chi connectivity index (χ1) is 8.07. The molecule has 1 aromatic heterocycles. The molecule has 2 nitrogen and oxygen atoms in total. The molecule has 0 spiro atoms. The minimum absolute atomic E-state index is 0.103. The van der Waals surface area contributed by atoms with Gasteiger partial charge in [-0.15, -0.1) is 0 Å². The third-order valence-corrected chi connectivity index (χ3v) is 2.70. The van der Waals surface area contributed by atoms with Gasteiger partial charge in [-0.2, -0.15) is 0 Å². The van der Waals surface area contributed by atoms with Crippen LogP contribution in [0.1, 0.15) is 26.3 Å². The third-order valence-electron chi connectivity index (χ3n) is 2.70. The number of allylic oxidation sites excluding steroid dienone is 1. The van der Waals surface area contributed by atoms with Gasteiger partial charge in [0.1, 0.15) is 0 Å². The summed E-state index contributed by atoms with van der Waals surface area (Å²) in [6.45, 7) is 6.67. The molecule has 0 unspecified atom stereocenters. The number of imidazole rings is 1. The Hall–Kier alpha value is -1.83. The van der Waals surface area contributed by atoms with Gasteiger partial charge in [-0.3, -0.25) is 0 Å². The van der Waals surface area contributed by atoms with Crippen LogP contribution < -0.4 is 0 Å². The average Bonchev–Trinajstić information content (AvgIpc) is 2.78. The highest BCUT2D eigenvalue weighted by Crippen LogP contribution is 2.34. The van der Waals surface area contributed by atoms with Crippen molar-refractivity contribution in [3.63, 3.8) is 0 Å². The maximum Gasteiger partial charge on any atom is 0.0986 e. The van der Waals surface area contributed by atoms with Crippen molar-refractivity contribution in [2.75, 3.05) is 0 Å². The molecule has 0 aliphatic heterocycles. The molecular weight excluding hydrogens is 208 g/mol. The van der Waals surface area contributed by atoms with E-state index >= 15 is 0 Å². The van der Waals surface area contributed by atoms with Gasteiger partial charge in [-0.05, 0) is 16.6 Å². The number of benzene rings is 1. The molecule has 1 heterocycles.